The number of amides is 2. The van der Waals surface area contributed by atoms with E-state index in [4.69, 9.17) is 4.74 Å². The van der Waals surface area contributed by atoms with Crippen molar-refractivity contribution in [1.29, 1.82) is 0 Å². The molecule has 1 aliphatic heterocycles. The highest BCUT2D eigenvalue weighted by Crippen LogP contribution is 2.32. The zero-order chi connectivity index (χ0) is 12.3. The number of nitrogens with zero attached hydrogens (tertiary/aromatic N) is 2. The Balaban J connectivity index is 2.02. The second-order valence-corrected chi connectivity index (χ2v) is 4.94. The maximum absolute atomic E-state index is 12.5. The van der Waals surface area contributed by atoms with Crippen molar-refractivity contribution < 1.29 is 9.53 Å². The van der Waals surface area contributed by atoms with Gasteiger partial charge in [-0.1, -0.05) is 0 Å². The van der Waals surface area contributed by atoms with Crippen LogP contribution in [0.2, 0.25) is 0 Å². The van der Waals surface area contributed by atoms with Gasteiger partial charge in [0.2, 0.25) is 0 Å². The molecule has 4 heteroatoms. The van der Waals surface area contributed by atoms with Crippen molar-refractivity contribution >= 4 is 6.03 Å². The topological polar surface area (TPSA) is 32.8 Å². The number of rotatable bonds is 4. The SMILES string of the molecule is CCN(CC)C(=O)N(C1CCOCC1)C1CC1. The molecule has 0 N–H and O–H groups in total. The van der Waals surface area contributed by atoms with Crippen LogP contribution in [0.1, 0.15) is 39.5 Å². The summed E-state index contributed by atoms with van der Waals surface area (Å²) in [4.78, 5) is 16.6. The molecule has 4 nitrogen and oxygen atoms in total. The summed E-state index contributed by atoms with van der Waals surface area (Å²) in [5.41, 5.74) is 0. The fourth-order valence-corrected chi connectivity index (χ4v) is 2.58. The van der Waals surface area contributed by atoms with E-state index < -0.39 is 0 Å². The van der Waals surface area contributed by atoms with E-state index in [9.17, 15) is 4.79 Å². The van der Waals surface area contributed by atoms with Gasteiger partial charge >= 0.3 is 6.03 Å². The van der Waals surface area contributed by atoms with Crippen molar-refractivity contribution in [3.8, 4) is 0 Å². The van der Waals surface area contributed by atoms with Crippen LogP contribution in [-0.2, 0) is 4.74 Å². The van der Waals surface area contributed by atoms with Gasteiger partial charge in [-0.2, -0.15) is 0 Å². The first-order valence-electron chi connectivity index (χ1n) is 6.92. The van der Waals surface area contributed by atoms with Gasteiger partial charge in [-0.25, -0.2) is 4.79 Å². The third kappa shape index (κ3) is 2.92. The molecule has 2 amide bonds. The van der Waals surface area contributed by atoms with E-state index in [1.807, 2.05) is 4.90 Å². The molecule has 2 aliphatic rings. The van der Waals surface area contributed by atoms with E-state index in [0.717, 1.165) is 39.1 Å². The Kier molecular flexibility index (Phi) is 4.26. The quantitative estimate of drug-likeness (QED) is 0.754. The molecular formula is C13H24N2O2. The third-order valence-electron chi connectivity index (χ3n) is 3.78. The van der Waals surface area contributed by atoms with Gasteiger partial charge in [0.25, 0.3) is 0 Å². The summed E-state index contributed by atoms with van der Waals surface area (Å²) in [5.74, 6) is 0. The lowest BCUT2D eigenvalue weighted by Gasteiger charge is -2.37. The summed E-state index contributed by atoms with van der Waals surface area (Å²) in [6.45, 7) is 7.33. The first-order valence-corrected chi connectivity index (χ1v) is 6.92. The van der Waals surface area contributed by atoms with Crippen molar-refractivity contribution in [1.82, 2.24) is 9.80 Å². The summed E-state index contributed by atoms with van der Waals surface area (Å²) < 4.78 is 5.39. The number of urea groups is 1. The molecule has 17 heavy (non-hydrogen) atoms. The Bertz CT molecular complexity index is 256. The highest BCUT2D eigenvalue weighted by Gasteiger charge is 2.39. The Morgan fingerprint density at radius 1 is 1.06 bits per heavy atom. The molecule has 98 valence electrons. The molecule has 0 aromatic carbocycles. The predicted octanol–water partition coefficient (Wildman–Crippen LogP) is 2.09. The Labute approximate surface area is 104 Å². The van der Waals surface area contributed by atoms with Crippen LogP contribution in [0, 0.1) is 0 Å². The number of hydrogen-bond acceptors (Lipinski definition) is 2. The van der Waals surface area contributed by atoms with Crippen LogP contribution in [0.3, 0.4) is 0 Å². The maximum atomic E-state index is 12.5. The Morgan fingerprint density at radius 2 is 1.59 bits per heavy atom. The molecule has 0 aromatic heterocycles. The van der Waals surface area contributed by atoms with E-state index in [0.29, 0.717) is 12.1 Å². The van der Waals surface area contributed by atoms with Gasteiger partial charge in [0, 0.05) is 38.4 Å². The number of carbonyl (C=O) groups is 1. The van der Waals surface area contributed by atoms with Gasteiger partial charge in [0.15, 0.2) is 0 Å². The molecular weight excluding hydrogens is 216 g/mol. The van der Waals surface area contributed by atoms with Gasteiger partial charge in [-0.3, -0.25) is 0 Å². The number of carbonyl (C=O) groups excluding carboxylic acids is 1. The van der Waals surface area contributed by atoms with Crippen LogP contribution in [-0.4, -0.2) is 54.2 Å². The molecule has 0 atom stereocenters. The summed E-state index contributed by atoms with van der Waals surface area (Å²) >= 11 is 0. The van der Waals surface area contributed by atoms with Gasteiger partial charge < -0.3 is 14.5 Å². The second kappa shape index (κ2) is 5.71. The van der Waals surface area contributed by atoms with Gasteiger partial charge in [0.05, 0.1) is 0 Å². The Morgan fingerprint density at radius 3 is 2.06 bits per heavy atom. The van der Waals surface area contributed by atoms with Crippen LogP contribution in [0.5, 0.6) is 0 Å². The van der Waals surface area contributed by atoms with Crippen molar-refractivity contribution in [3.63, 3.8) is 0 Å². The molecule has 1 saturated heterocycles. The van der Waals surface area contributed by atoms with Crippen LogP contribution in [0.25, 0.3) is 0 Å². The molecule has 0 aromatic rings. The van der Waals surface area contributed by atoms with E-state index in [2.05, 4.69) is 18.7 Å². The van der Waals surface area contributed by atoms with Gasteiger partial charge in [0.1, 0.15) is 0 Å². The summed E-state index contributed by atoms with van der Waals surface area (Å²) in [5, 5.41) is 0. The fraction of sp³-hybridized carbons (Fsp3) is 0.923. The predicted molar refractivity (Wildman–Crippen MR) is 67.0 cm³/mol. The van der Waals surface area contributed by atoms with Gasteiger partial charge in [-0.05, 0) is 39.5 Å². The molecule has 0 radical (unpaired) electrons. The standard InChI is InChI=1S/C13H24N2O2/c1-3-14(4-2)13(16)15(11-5-6-11)12-7-9-17-10-8-12/h11-12H,3-10H2,1-2H3. The van der Waals surface area contributed by atoms with E-state index in [1.165, 1.54) is 12.8 Å². The molecule has 1 saturated carbocycles. The zero-order valence-corrected chi connectivity index (χ0v) is 11.0. The largest absolute Gasteiger partial charge is 0.381 e. The van der Waals surface area contributed by atoms with Crippen LogP contribution in [0.15, 0.2) is 0 Å². The van der Waals surface area contributed by atoms with Crippen molar-refractivity contribution in [2.75, 3.05) is 26.3 Å². The highest BCUT2D eigenvalue weighted by molar-refractivity contribution is 5.75. The van der Waals surface area contributed by atoms with Crippen molar-refractivity contribution in [3.05, 3.63) is 0 Å². The summed E-state index contributed by atoms with van der Waals surface area (Å²) in [6, 6.07) is 1.15. The third-order valence-corrected chi connectivity index (χ3v) is 3.78. The lowest BCUT2D eigenvalue weighted by molar-refractivity contribution is 0.0370. The highest BCUT2D eigenvalue weighted by atomic mass is 16.5. The molecule has 1 heterocycles. The monoisotopic (exact) mass is 240 g/mol. The first-order chi connectivity index (χ1) is 8.27. The van der Waals surface area contributed by atoms with E-state index >= 15 is 0 Å². The zero-order valence-electron chi connectivity index (χ0n) is 11.0. The molecule has 1 aliphatic carbocycles. The van der Waals surface area contributed by atoms with Crippen LogP contribution >= 0.6 is 0 Å². The average molecular weight is 240 g/mol. The average Bonchev–Trinajstić information content (AvgIpc) is 3.17. The minimum Gasteiger partial charge on any atom is -0.381 e. The smallest absolute Gasteiger partial charge is 0.320 e. The lowest BCUT2D eigenvalue weighted by atomic mass is 10.1. The molecule has 0 unspecified atom stereocenters. The van der Waals surface area contributed by atoms with Crippen molar-refractivity contribution in [2.24, 2.45) is 0 Å². The van der Waals surface area contributed by atoms with E-state index in [1.54, 1.807) is 0 Å². The number of ether oxygens (including phenoxy) is 1. The minimum atomic E-state index is 0.240. The van der Waals surface area contributed by atoms with Crippen molar-refractivity contribution in [2.45, 2.75) is 51.6 Å². The molecule has 2 fully saturated rings. The molecule has 0 spiro atoms. The first kappa shape index (κ1) is 12.7. The normalized spacial score (nSPS) is 21.3. The maximum Gasteiger partial charge on any atom is 0.320 e. The Hall–Kier alpha value is -0.770. The van der Waals surface area contributed by atoms with Crippen LogP contribution < -0.4 is 0 Å². The number of hydrogen-bond donors (Lipinski definition) is 0. The summed E-state index contributed by atoms with van der Waals surface area (Å²) in [6.07, 6.45) is 4.38. The molecule has 2 rings (SSSR count). The molecule has 0 bridgehead atoms. The fourth-order valence-electron chi connectivity index (χ4n) is 2.58. The van der Waals surface area contributed by atoms with E-state index in [-0.39, 0.29) is 6.03 Å². The van der Waals surface area contributed by atoms with Gasteiger partial charge in [-0.15, -0.1) is 0 Å². The second-order valence-electron chi connectivity index (χ2n) is 4.94. The lowest BCUT2D eigenvalue weighted by Crippen LogP contribution is -2.50. The summed E-state index contributed by atoms with van der Waals surface area (Å²) in [7, 11) is 0. The minimum absolute atomic E-state index is 0.240. The van der Waals surface area contributed by atoms with Crippen LogP contribution in [0.4, 0.5) is 4.79 Å².